The lowest BCUT2D eigenvalue weighted by molar-refractivity contribution is -0.928. The van der Waals surface area contributed by atoms with E-state index in [9.17, 15) is 9.18 Å². The Hall–Kier alpha value is -1.46. The number of halogens is 1. The molecule has 4 nitrogen and oxygen atoms in total. The molecule has 1 aromatic carbocycles. The van der Waals surface area contributed by atoms with Gasteiger partial charge >= 0.3 is 0 Å². The fourth-order valence-electron chi connectivity index (χ4n) is 2.77. The van der Waals surface area contributed by atoms with Gasteiger partial charge in [-0.3, -0.25) is 4.79 Å². The Morgan fingerprint density at radius 2 is 2.00 bits per heavy atom. The lowest BCUT2D eigenvalue weighted by atomic mass is 10.1. The molecule has 0 unspecified atom stereocenters. The minimum absolute atomic E-state index is 0.0884. The first-order valence-corrected chi connectivity index (χ1v) is 7.44. The molecule has 1 aliphatic rings. The highest BCUT2D eigenvalue weighted by atomic mass is 19.1. The molecule has 0 radical (unpaired) electrons. The van der Waals surface area contributed by atoms with Crippen LogP contribution in [0.3, 0.4) is 0 Å². The molecular weight excluding hydrogens is 271 g/mol. The summed E-state index contributed by atoms with van der Waals surface area (Å²) in [7, 11) is 0. The number of rotatable bonds is 3. The quantitative estimate of drug-likeness (QED) is 0.878. The van der Waals surface area contributed by atoms with Gasteiger partial charge in [-0.25, -0.2) is 4.39 Å². The summed E-state index contributed by atoms with van der Waals surface area (Å²) in [5, 5.41) is 2.80. The first kappa shape index (κ1) is 15.9. The molecule has 1 heterocycles. The van der Waals surface area contributed by atoms with Crippen molar-refractivity contribution in [1.82, 2.24) is 0 Å². The highest BCUT2D eigenvalue weighted by Crippen LogP contribution is 2.13. The molecule has 0 saturated carbocycles. The summed E-state index contributed by atoms with van der Waals surface area (Å²) in [4.78, 5) is 13.5. The van der Waals surface area contributed by atoms with Crippen LogP contribution in [0.25, 0.3) is 0 Å². The van der Waals surface area contributed by atoms with Crippen LogP contribution in [-0.2, 0) is 9.53 Å². The minimum atomic E-state index is -0.304. The van der Waals surface area contributed by atoms with E-state index < -0.39 is 0 Å². The van der Waals surface area contributed by atoms with Crippen LogP contribution in [0, 0.1) is 12.7 Å². The highest BCUT2D eigenvalue weighted by Gasteiger charge is 2.32. The number of aryl methyl sites for hydroxylation is 1. The van der Waals surface area contributed by atoms with E-state index in [2.05, 4.69) is 5.32 Å². The lowest BCUT2D eigenvalue weighted by Gasteiger charge is -2.35. The zero-order valence-corrected chi connectivity index (χ0v) is 13.1. The number of ether oxygens (including phenoxy) is 1. The third-order valence-electron chi connectivity index (χ3n) is 4.01. The molecule has 1 saturated heterocycles. The second-order valence-corrected chi connectivity index (χ2v) is 6.00. The van der Waals surface area contributed by atoms with Crippen molar-refractivity contribution in [1.29, 1.82) is 0 Å². The maximum atomic E-state index is 13.5. The molecular formula is C16H24FN2O2+. The van der Waals surface area contributed by atoms with Crippen LogP contribution in [0.1, 0.15) is 26.3 Å². The molecule has 21 heavy (non-hydrogen) atoms. The number of quaternary nitrogens is 1. The van der Waals surface area contributed by atoms with Crippen molar-refractivity contribution in [2.24, 2.45) is 0 Å². The standard InChI is InChI=1S/C16H23FN2O2/c1-10-5-6-14(7-15(10)17)18-16(20)13(4)19-8-11(2)21-12(3)9-19/h5-7,11-13H,8-9H2,1-4H3,(H,18,20)/p+1/t11-,12-,13-/m1/s1. The summed E-state index contributed by atoms with van der Waals surface area (Å²) in [6.45, 7) is 9.26. The van der Waals surface area contributed by atoms with Gasteiger partial charge in [-0.2, -0.15) is 0 Å². The van der Waals surface area contributed by atoms with Gasteiger partial charge in [0.2, 0.25) is 0 Å². The number of amides is 1. The maximum Gasteiger partial charge on any atom is 0.282 e. The number of anilines is 1. The van der Waals surface area contributed by atoms with E-state index >= 15 is 0 Å². The zero-order valence-electron chi connectivity index (χ0n) is 13.1. The molecule has 5 heteroatoms. The van der Waals surface area contributed by atoms with E-state index in [1.165, 1.54) is 11.0 Å². The predicted octanol–water partition coefficient (Wildman–Crippen LogP) is 1.15. The molecule has 1 amide bonds. The predicted molar refractivity (Wildman–Crippen MR) is 79.9 cm³/mol. The largest absolute Gasteiger partial charge is 0.364 e. The number of carbonyl (C=O) groups is 1. The third kappa shape index (κ3) is 4.02. The van der Waals surface area contributed by atoms with Gasteiger partial charge in [0.25, 0.3) is 5.91 Å². The number of carbonyl (C=O) groups excluding carboxylic acids is 1. The van der Waals surface area contributed by atoms with Gasteiger partial charge in [-0.1, -0.05) is 6.07 Å². The Kier molecular flexibility index (Phi) is 4.96. The highest BCUT2D eigenvalue weighted by molar-refractivity contribution is 5.93. The normalized spacial score (nSPS) is 27.2. The van der Waals surface area contributed by atoms with Crippen molar-refractivity contribution < 1.29 is 18.8 Å². The first-order valence-electron chi connectivity index (χ1n) is 7.44. The van der Waals surface area contributed by atoms with Crippen molar-refractivity contribution in [2.75, 3.05) is 18.4 Å². The molecule has 0 aliphatic carbocycles. The average Bonchev–Trinajstić information content (AvgIpc) is 2.41. The smallest absolute Gasteiger partial charge is 0.282 e. The van der Waals surface area contributed by atoms with Crippen LogP contribution in [-0.4, -0.2) is 37.2 Å². The Morgan fingerprint density at radius 3 is 2.57 bits per heavy atom. The van der Waals surface area contributed by atoms with Gasteiger partial charge in [-0.15, -0.1) is 0 Å². The van der Waals surface area contributed by atoms with E-state index in [1.54, 1.807) is 19.1 Å². The fraction of sp³-hybridized carbons (Fsp3) is 0.562. The van der Waals surface area contributed by atoms with Crippen molar-refractivity contribution in [2.45, 2.75) is 45.9 Å². The molecule has 0 aromatic heterocycles. The number of nitrogens with one attached hydrogen (secondary N) is 2. The molecule has 0 spiro atoms. The third-order valence-corrected chi connectivity index (χ3v) is 4.01. The van der Waals surface area contributed by atoms with Gasteiger partial charge in [0.1, 0.15) is 31.1 Å². The molecule has 1 aromatic rings. The Bertz CT molecular complexity index is 511. The fourth-order valence-corrected chi connectivity index (χ4v) is 2.77. The second kappa shape index (κ2) is 6.54. The number of hydrogen-bond donors (Lipinski definition) is 2. The zero-order chi connectivity index (χ0) is 15.6. The van der Waals surface area contributed by atoms with Crippen LogP contribution >= 0.6 is 0 Å². The van der Waals surface area contributed by atoms with E-state index in [-0.39, 0.29) is 30.0 Å². The number of morpholine rings is 1. The van der Waals surface area contributed by atoms with E-state index in [1.807, 2.05) is 20.8 Å². The maximum absolute atomic E-state index is 13.5. The summed E-state index contributed by atoms with van der Waals surface area (Å²) in [6, 6.07) is 4.56. The molecule has 3 atom stereocenters. The summed E-state index contributed by atoms with van der Waals surface area (Å²) < 4.78 is 19.2. The van der Waals surface area contributed by atoms with Gasteiger partial charge in [0, 0.05) is 5.69 Å². The van der Waals surface area contributed by atoms with Crippen molar-refractivity contribution in [3.05, 3.63) is 29.6 Å². The average molecular weight is 295 g/mol. The molecule has 1 aliphatic heterocycles. The topological polar surface area (TPSA) is 42.8 Å². The van der Waals surface area contributed by atoms with Crippen LogP contribution in [0.4, 0.5) is 10.1 Å². The van der Waals surface area contributed by atoms with Crippen LogP contribution in [0.5, 0.6) is 0 Å². The monoisotopic (exact) mass is 295 g/mol. The van der Waals surface area contributed by atoms with E-state index in [0.29, 0.717) is 11.3 Å². The summed E-state index contributed by atoms with van der Waals surface area (Å²) in [6.07, 6.45) is 0.298. The van der Waals surface area contributed by atoms with Crippen LogP contribution in [0.2, 0.25) is 0 Å². The Balaban J connectivity index is 2.00. The minimum Gasteiger partial charge on any atom is -0.364 e. The van der Waals surface area contributed by atoms with Crippen molar-refractivity contribution in [3.63, 3.8) is 0 Å². The summed E-state index contributed by atoms with van der Waals surface area (Å²) >= 11 is 0. The van der Waals surface area contributed by atoms with Crippen LogP contribution < -0.4 is 10.2 Å². The molecule has 2 N–H and O–H groups in total. The van der Waals surface area contributed by atoms with Gasteiger partial charge in [-0.05, 0) is 45.4 Å². The Labute approximate surface area is 125 Å². The summed E-state index contributed by atoms with van der Waals surface area (Å²) in [5.41, 5.74) is 1.08. The molecule has 0 bridgehead atoms. The molecule has 116 valence electrons. The molecule has 1 fully saturated rings. The van der Waals surface area contributed by atoms with Gasteiger partial charge in [0.05, 0.1) is 0 Å². The lowest BCUT2D eigenvalue weighted by Crippen LogP contribution is -3.19. The van der Waals surface area contributed by atoms with E-state index in [0.717, 1.165) is 13.1 Å². The second-order valence-electron chi connectivity index (χ2n) is 6.00. The van der Waals surface area contributed by atoms with E-state index in [4.69, 9.17) is 4.74 Å². The van der Waals surface area contributed by atoms with Gasteiger partial charge < -0.3 is 15.0 Å². The SMILES string of the molecule is Cc1ccc(NC(=O)[C@@H](C)[NH+]2C[C@@H](C)O[C@H](C)C2)cc1F. The first-order chi connectivity index (χ1) is 9.86. The van der Waals surface area contributed by atoms with Crippen molar-refractivity contribution in [3.8, 4) is 0 Å². The summed E-state index contributed by atoms with van der Waals surface area (Å²) in [5.74, 6) is -0.393. The number of hydrogen-bond acceptors (Lipinski definition) is 2. The number of benzene rings is 1. The van der Waals surface area contributed by atoms with Crippen molar-refractivity contribution >= 4 is 11.6 Å². The van der Waals surface area contributed by atoms with Gasteiger partial charge in [0.15, 0.2) is 6.04 Å². The van der Waals surface area contributed by atoms with Crippen LogP contribution in [0.15, 0.2) is 18.2 Å². The molecule has 2 rings (SSSR count). The Morgan fingerprint density at radius 1 is 1.38 bits per heavy atom.